The molecule has 4 rings (SSSR count). The van der Waals surface area contributed by atoms with Gasteiger partial charge in [-0.25, -0.2) is 23.7 Å². The summed E-state index contributed by atoms with van der Waals surface area (Å²) in [5.74, 6) is -4.30. The number of aliphatic carboxylic acids is 4. The van der Waals surface area contributed by atoms with Gasteiger partial charge in [0, 0.05) is 75.3 Å². The maximum absolute atomic E-state index is 9.55. The average Bonchev–Trinajstić information content (AvgIpc) is 3.35. The van der Waals surface area contributed by atoms with Crippen molar-refractivity contribution in [2.45, 2.75) is 38.1 Å². The average molecular weight is 561 g/mol. The Bertz CT molecular complexity index is 1060. The Morgan fingerprint density at radius 2 is 1.38 bits per heavy atom. The molecule has 0 amide bonds. The largest absolute Gasteiger partial charge is 0.478 e. The van der Waals surface area contributed by atoms with E-state index < -0.39 is 23.9 Å². The van der Waals surface area contributed by atoms with Crippen LogP contribution >= 0.6 is 0 Å². The molecule has 13 heteroatoms. The monoisotopic (exact) mass is 560 g/mol. The lowest BCUT2D eigenvalue weighted by Gasteiger charge is -2.40. The molecule has 2 aromatic heterocycles. The smallest absolute Gasteiger partial charge is 0.328 e. The standard InChI is InChI=1S/C19H28N4O.2C4H4O4/c1-2-6-17(7-3-1)22-12-10-21(11-13-22)14-15-24-19-16-18-8-4-5-9-23(18)20-19;2*5-3(6)1-2-4(7)8/h4-5,8-9,16-17H,1-3,6-7,10-15H2;2*1-2H,(H,5,6)(H,7,8)/b;2*2-1-. The van der Waals surface area contributed by atoms with E-state index in [0.717, 1.165) is 24.0 Å². The van der Waals surface area contributed by atoms with Crippen LogP contribution < -0.4 is 4.74 Å². The SMILES string of the molecule is O=C(O)/C=C\C(=O)O.O=C(O)/C=C\C(=O)O.c1ccn2nc(OCCN3CCN(C4CCCCC4)CC3)cc2c1. The number of aromatic nitrogens is 2. The summed E-state index contributed by atoms with van der Waals surface area (Å²) in [6.45, 7) is 6.49. The Kier molecular flexibility index (Phi) is 13.9. The molecule has 0 aromatic carbocycles. The summed E-state index contributed by atoms with van der Waals surface area (Å²) in [4.78, 5) is 43.5. The number of fused-ring (bicyclic) bond motifs is 1. The van der Waals surface area contributed by atoms with E-state index in [9.17, 15) is 19.2 Å². The van der Waals surface area contributed by atoms with Crippen molar-refractivity contribution in [2.75, 3.05) is 39.3 Å². The summed E-state index contributed by atoms with van der Waals surface area (Å²) >= 11 is 0. The second-order valence-corrected chi connectivity index (χ2v) is 9.09. The minimum absolute atomic E-state index is 0.558. The van der Waals surface area contributed by atoms with Crippen LogP contribution in [0.2, 0.25) is 0 Å². The quantitative estimate of drug-likeness (QED) is 0.328. The second kappa shape index (κ2) is 17.4. The number of rotatable bonds is 9. The van der Waals surface area contributed by atoms with Gasteiger partial charge >= 0.3 is 23.9 Å². The van der Waals surface area contributed by atoms with Crippen molar-refractivity contribution in [2.24, 2.45) is 0 Å². The molecular formula is C27H36N4O9. The summed E-state index contributed by atoms with van der Waals surface area (Å²) in [5, 5.41) is 35.7. The molecule has 2 fully saturated rings. The van der Waals surface area contributed by atoms with Gasteiger partial charge in [-0.3, -0.25) is 9.80 Å². The van der Waals surface area contributed by atoms with Crippen LogP contribution in [0.4, 0.5) is 0 Å². The molecule has 4 N–H and O–H groups in total. The zero-order valence-corrected chi connectivity index (χ0v) is 22.2. The van der Waals surface area contributed by atoms with E-state index in [1.54, 1.807) is 0 Å². The fourth-order valence-electron chi connectivity index (χ4n) is 4.35. The Morgan fingerprint density at radius 3 is 1.88 bits per heavy atom. The van der Waals surface area contributed by atoms with Crippen molar-refractivity contribution < 1.29 is 44.3 Å². The van der Waals surface area contributed by atoms with Crippen LogP contribution in [0.3, 0.4) is 0 Å². The number of ether oxygens (including phenoxy) is 1. The zero-order valence-electron chi connectivity index (χ0n) is 22.2. The van der Waals surface area contributed by atoms with Gasteiger partial charge in [-0.15, -0.1) is 5.10 Å². The molecule has 218 valence electrons. The molecule has 0 bridgehead atoms. The number of nitrogens with zero attached hydrogens (tertiary/aromatic N) is 4. The number of hydrogen-bond donors (Lipinski definition) is 4. The van der Waals surface area contributed by atoms with Gasteiger partial charge in [0.2, 0.25) is 5.88 Å². The van der Waals surface area contributed by atoms with Crippen molar-refractivity contribution in [3.63, 3.8) is 0 Å². The van der Waals surface area contributed by atoms with E-state index in [1.807, 2.05) is 35.0 Å². The number of carbonyl (C=O) groups is 4. The lowest BCUT2D eigenvalue weighted by atomic mass is 9.94. The highest BCUT2D eigenvalue weighted by Crippen LogP contribution is 2.23. The highest BCUT2D eigenvalue weighted by Gasteiger charge is 2.24. The number of piperazine rings is 1. The minimum Gasteiger partial charge on any atom is -0.478 e. The lowest BCUT2D eigenvalue weighted by molar-refractivity contribution is -0.134. The molecule has 0 unspecified atom stereocenters. The Balaban J connectivity index is 0.000000290. The summed E-state index contributed by atoms with van der Waals surface area (Å²) in [7, 11) is 0. The van der Waals surface area contributed by atoms with Crippen LogP contribution in [-0.4, -0.2) is 109 Å². The maximum Gasteiger partial charge on any atom is 0.328 e. The van der Waals surface area contributed by atoms with Crippen LogP contribution in [0.15, 0.2) is 54.8 Å². The van der Waals surface area contributed by atoms with E-state index in [4.69, 9.17) is 25.2 Å². The van der Waals surface area contributed by atoms with E-state index in [2.05, 4.69) is 14.9 Å². The fourth-order valence-corrected chi connectivity index (χ4v) is 4.35. The van der Waals surface area contributed by atoms with Crippen LogP contribution in [-0.2, 0) is 19.2 Å². The molecule has 0 radical (unpaired) electrons. The molecule has 1 saturated heterocycles. The first-order valence-corrected chi connectivity index (χ1v) is 13.0. The predicted molar refractivity (Wildman–Crippen MR) is 144 cm³/mol. The third kappa shape index (κ3) is 13.0. The molecule has 1 saturated carbocycles. The Labute approximate surface area is 231 Å². The summed E-state index contributed by atoms with van der Waals surface area (Å²) in [6.07, 6.45) is 11.3. The van der Waals surface area contributed by atoms with Crippen LogP contribution in [0.1, 0.15) is 32.1 Å². The molecule has 1 aliphatic carbocycles. The molecule has 2 aliphatic rings. The third-order valence-electron chi connectivity index (χ3n) is 6.24. The molecule has 0 atom stereocenters. The molecule has 13 nitrogen and oxygen atoms in total. The van der Waals surface area contributed by atoms with Gasteiger partial charge in [-0.05, 0) is 25.0 Å². The highest BCUT2D eigenvalue weighted by molar-refractivity contribution is 5.90. The first-order valence-electron chi connectivity index (χ1n) is 13.0. The van der Waals surface area contributed by atoms with E-state index in [0.29, 0.717) is 30.9 Å². The van der Waals surface area contributed by atoms with Gasteiger partial charge < -0.3 is 25.2 Å². The van der Waals surface area contributed by atoms with Crippen molar-refractivity contribution in [1.29, 1.82) is 0 Å². The molecule has 40 heavy (non-hydrogen) atoms. The number of carboxylic acid groups (broad SMARTS) is 4. The minimum atomic E-state index is -1.26. The van der Waals surface area contributed by atoms with Gasteiger partial charge in [0.05, 0.1) is 5.52 Å². The highest BCUT2D eigenvalue weighted by atomic mass is 16.5. The topological polar surface area (TPSA) is 182 Å². The summed E-state index contributed by atoms with van der Waals surface area (Å²) in [6, 6.07) is 8.91. The van der Waals surface area contributed by atoms with Crippen LogP contribution in [0.25, 0.3) is 5.52 Å². The third-order valence-corrected chi connectivity index (χ3v) is 6.24. The molecule has 2 aromatic rings. The summed E-state index contributed by atoms with van der Waals surface area (Å²) < 4.78 is 7.71. The number of pyridine rings is 1. The van der Waals surface area contributed by atoms with Gasteiger partial charge in [0.25, 0.3) is 0 Å². The second-order valence-electron chi connectivity index (χ2n) is 9.09. The van der Waals surface area contributed by atoms with Gasteiger partial charge in [0.1, 0.15) is 6.61 Å². The molecule has 1 aliphatic heterocycles. The van der Waals surface area contributed by atoms with Crippen molar-refractivity contribution in [3.05, 3.63) is 54.8 Å². The number of carboxylic acids is 4. The predicted octanol–water partition coefficient (Wildman–Crippen LogP) is 2.09. The van der Waals surface area contributed by atoms with Gasteiger partial charge in [-0.1, -0.05) is 25.3 Å². The zero-order chi connectivity index (χ0) is 29.3. The Morgan fingerprint density at radius 1 is 0.825 bits per heavy atom. The Hall–Kier alpha value is -4.23. The van der Waals surface area contributed by atoms with Crippen molar-refractivity contribution in [1.82, 2.24) is 19.4 Å². The summed E-state index contributed by atoms with van der Waals surface area (Å²) in [5.41, 5.74) is 1.08. The van der Waals surface area contributed by atoms with Gasteiger partial charge in [-0.2, -0.15) is 0 Å². The fraction of sp³-hybridized carbons (Fsp3) is 0.444. The van der Waals surface area contributed by atoms with E-state index in [-0.39, 0.29) is 0 Å². The van der Waals surface area contributed by atoms with Gasteiger partial charge in [0.15, 0.2) is 0 Å². The van der Waals surface area contributed by atoms with Crippen molar-refractivity contribution >= 4 is 29.4 Å². The van der Waals surface area contributed by atoms with E-state index in [1.165, 1.54) is 58.3 Å². The van der Waals surface area contributed by atoms with E-state index >= 15 is 0 Å². The molecule has 3 heterocycles. The van der Waals surface area contributed by atoms with Crippen molar-refractivity contribution in [3.8, 4) is 5.88 Å². The van der Waals surface area contributed by atoms with Crippen LogP contribution in [0.5, 0.6) is 5.88 Å². The maximum atomic E-state index is 9.55. The number of hydrogen-bond acceptors (Lipinski definition) is 8. The first-order chi connectivity index (χ1) is 19.1. The lowest BCUT2D eigenvalue weighted by Crippen LogP contribution is -2.51. The molecular weight excluding hydrogens is 524 g/mol. The first kappa shape index (κ1) is 32.0. The van der Waals surface area contributed by atoms with Crippen LogP contribution in [0, 0.1) is 0 Å². The molecule has 0 spiro atoms. The normalized spacial score (nSPS) is 16.6.